The Morgan fingerprint density at radius 3 is 2.57 bits per heavy atom. The largest absolute Gasteiger partial charge is 0.494 e. The first-order chi connectivity index (χ1) is 6.69. The highest BCUT2D eigenvalue weighted by Gasteiger charge is 2.07. The summed E-state index contributed by atoms with van der Waals surface area (Å²) in [7, 11) is -0.766. The van der Waals surface area contributed by atoms with E-state index in [0.29, 0.717) is 12.5 Å². The summed E-state index contributed by atoms with van der Waals surface area (Å²) in [5, 5.41) is 1.45. The molecule has 0 atom stereocenters. The van der Waals surface area contributed by atoms with Crippen LogP contribution in [0.3, 0.4) is 0 Å². The van der Waals surface area contributed by atoms with Crippen molar-refractivity contribution in [2.45, 2.75) is 25.9 Å². The first-order valence-electron chi connectivity index (χ1n) is 5.00. The summed E-state index contributed by atoms with van der Waals surface area (Å²) in [4.78, 5) is 0. The molecule has 1 aromatic carbocycles. The summed E-state index contributed by atoms with van der Waals surface area (Å²) >= 11 is 5.91. The molecule has 0 heterocycles. The lowest BCUT2D eigenvalue weighted by molar-refractivity contribution is 0.340. The van der Waals surface area contributed by atoms with E-state index in [9.17, 15) is 0 Å². The summed E-state index contributed by atoms with van der Waals surface area (Å²) in [6.07, 6.45) is 0. The molecule has 0 saturated carbocycles. The van der Waals surface area contributed by atoms with Crippen molar-refractivity contribution in [1.82, 2.24) is 0 Å². The van der Waals surface area contributed by atoms with Gasteiger partial charge in [-0.25, -0.2) is 0 Å². The predicted molar refractivity (Wildman–Crippen MR) is 65.7 cm³/mol. The van der Waals surface area contributed by atoms with Crippen LogP contribution < -0.4 is 9.92 Å². The zero-order chi connectivity index (χ0) is 10.6. The molecule has 0 aliphatic heterocycles. The van der Waals surface area contributed by atoms with Gasteiger partial charge in [0.05, 0.1) is 15.4 Å². The number of alkyl halides is 1. The fourth-order valence-corrected chi connectivity index (χ4v) is 3.29. The molecule has 1 nitrogen and oxygen atoms in total. The van der Waals surface area contributed by atoms with Gasteiger partial charge in [-0.2, -0.15) is 0 Å². The maximum Gasteiger partial charge on any atom is 0.119 e. The van der Waals surface area contributed by atoms with Crippen LogP contribution in [-0.2, 0) is 5.88 Å². The molecule has 0 aliphatic rings. The molecule has 3 heteroatoms. The van der Waals surface area contributed by atoms with Gasteiger partial charge in [-0.1, -0.05) is 24.3 Å². The van der Waals surface area contributed by atoms with E-state index in [-0.39, 0.29) is 0 Å². The van der Waals surface area contributed by atoms with Crippen molar-refractivity contribution in [3.8, 4) is 5.75 Å². The number of benzene rings is 1. The van der Waals surface area contributed by atoms with Crippen LogP contribution in [0, 0.1) is 0 Å². The van der Waals surface area contributed by atoms with Gasteiger partial charge < -0.3 is 4.74 Å². The van der Waals surface area contributed by atoms with Crippen LogP contribution in [0.2, 0.25) is 13.1 Å². The topological polar surface area (TPSA) is 9.23 Å². The molecule has 1 rings (SSSR count). The molecule has 78 valence electrons. The van der Waals surface area contributed by atoms with Crippen molar-refractivity contribution in [3.05, 3.63) is 23.8 Å². The van der Waals surface area contributed by atoms with Gasteiger partial charge in [-0.15, -0.1) is 11.6 Å². The van der Waals surface area contributed by atoms with Gasteiger partial charge in [-0.3, -0.25) is 0 Å². The average Bonchev–Trinajstić information content (AvgIpc) is 2.17. The van der Waals surface area contributed by atoms with E-state index in [2.05, 4.69) is 25.2 Å². The Morgan fingerprint density at radius 1 is 1.36 bits per heavy atom. The predicted octanol–water partition coefficient (Wildman–Crippen LogP) is 2.52. The summed E-state index contributed by atoms with van der Waals surface area (Å²) in [5.74, 6) is 1.52. The van der Waals surface area contributed by atoms with E-state index in [0.717, 1.165) is 5.75 Å². The van der Waals surface area contributed by atoms with Crippen molar-refractivity contribution in [2.24, 2.45) is 0 Å². The van der Waals surface area contributed by atoms with Crippen LogP contribution in [0.1, 0.15) is 12.5 Å². The lowest BCUT2D eigenvalue weighted by Crippen LogP contribution is -2.26. The van der Waals surface area contributed by atoms with Crippen LogP contribution in [0.15, 0.2) is 18.2 Å². The minimum Gasteiger partial charge on any atom is -0.494 e. The maximum atomic E-state index is 5.91. The van der Waals surface area contributed by atoms with Gasteiger partial charge >= 0.3 is 0 Å². The monoisotopic (exact) mass is 228 g/mol. The van der Waals surface area contributed by atoms with Crippen LogP contribution in [-0.4, -0.2) is 15.4 Å². The Hall–Kier alpha value is -0.473. The summed E-state index contributed by atoms with van der Waals surface area (Å²) in [5.41, 5.74) is 1.24. The van der Waals surface area contributed by atoms with E-state index < -0.39 is 8.80 Å². The minimum atomic E-state index is -0.766. The van der Waals surface area contributed by atoms with E-state index in [1.54, 1.807) is 0 Å². The molecule has 1 aromatic rings. The molecule has 0 unspecified atom stereocenters. The Labute approximate surface area is 92.7 Å². The van der Waals surface area contributed by atoms with Crippen molar-refractivity contribution in [2.75, 3.05) is 6.61 Å². The highest BCUT2D eigenvalue weighted by atomic mass is 35.5. The molecule has 0 spiro atoms. The average molecular weight is 229 g/mol. The highest BCUT2D eigenvalue weighted by molar-refractivity contribution is 6.71. The lowest BCUT2D eigenvalue weighted by atomic mass is 10.2. The molecule has 0 aromatic heterocycles. The first kappa shape index (κ1) is 11.6. The fourth-order valence-electron chi connectivity index (χ4n) is 1.52. The third kappa shape index (κ3) is 2.76. The second-order valence-corrected chi connectivity index (χ2v) is 6.78. The van der Waals surface area contributed by atoms with Crippen molar-refractivity contribution in [1.29, 1.82) is 0 Å². The number of halogens is 1. The molecule has 0 saturated heterocycles. The van der Waals surface area contributed by atoms with Gasteiger partial charge in [0.15, 0.2) is 0 Å². The second kappa shape index (κ2) is 5.42. The van der Waals surface area contributed by atoms with Crippen LogP contribution in [0.5, 0.6) is 5.75 Å². The summed E-state index contributed by atoms with van der Waals surface area (Å²) in [6.45, 7) is 7.32. The normalized spacial score (nSPS) is 10.6. The zero-order valence-corrected chi connectivity index (χ0v) is 10.9. The Balaban J connectivity index is 2.99. The number of rotatable bonds is 4. The molecule has 0 N–H and O–H groups in total. The van der Waals surface area contributed by atoms with E-state index in [1.807, 2.05) is 13.0 Å². The number of hydrogen-bond acceptors (Lipinski definition) is 1. The van der Waals surface area contributed by atoms with Gasteiger partial charge in [0, 0.05) is 5.88 Å². The first-order valence-corrected chi connectivity index (χ1v) is 8.42. The zero-order valence-electron chi connectivity index (χ0n) is 9.01. The maximum absolute atomic E-state index is 5.91. The quantitative estimate of drug-likeness (QED) is 0.569. The van der Waals surface area contributed by atoms with Crippen LogP contribution >= 0.6 is 11.6 Å². The van der Waals surface area contributed by atoms with Gasteiger partial charge in [0.2, 0.25) is 0 Å². The molecule has 0 aliphatic carbocycles. The second-order valence-electron chi connectivity index (χ2n) is 3.58. The van der Waals surface area contributed by atoms with Crippen LogP contribution in [0.25, 0.3) is 0 Å². The van der Waals surface area contributed by atoms with Gasteiger partial charge in [0.25, 0.3) is 0 Å². The van der Waals surface area contributed by atoms with Crippen molar-refractivity contribution >= 4 is 25.6 Å². The summed E-state index contributed by atoms with van der Waals surface area (Å²) < 4.78 is 5.44. The fraction of sp³-hybridized carbons (Fsp3) is 0.455. The van der Waals surface area contributed by atoms with E-state index in [1.165, 1.54) is 10.8 Å². The molecule has 0 amide bonds. The highest BCUT2D eigenvalue weighted by Crippen LogP contribution is 2.14. The molecule has 0 bridgehead atoms. The third-order valence-electron chi connectivity index (χ3n) is 2.19. The van der Waals surface area contributed by atoms with Gasteiger partial charge in [-0.05, 0) is 24.6 Å². The molecular formula is C11H17ClOSi. The lowest BCUT2D eigenvalue weighted by Gasteiger charge is -2.12. The number of hydrogen-bond donors (Lipinski definition) is 0. The molecular weight excluding hydrogens is 212 g/mol. The Bertz CT molecular complexity index is 299. The van der Waals surface area contributed by atoms with Crippen molar-refractivity contribution < 1.29 is 4.74 Å². The summed E-state index contributed by atoms with van der Waals surface area (Å²) in [6, 6.07) is 6.28. The van der Waals surface area contributed by atoms with Crippen LogP contribution in [0.4, 0.5) is 0 Å². The van der Waals surface area contributed by atoms with Crippen molar-refractivity contribution in [3.63, 3.8) is 0 Å². The molecule has 0 radical (unpaired) electrons. The molecule has 14 heavy (non-hydrogen) atoms. The Morgan fingerprint density at radius 2 is 2.07 bits per heavy atom. The standard InChI is InChI=1S/C11H17ClOSi/c1-4-13-10-5-6-11(14(2)3)9(7-10)8-12/h5-7,14H,4,8H2,1-3H3. The SMILES string of the molecule is CCOc1ccc([SiH](C)C)c(CCl)c1. The Kier molecular flexibility index (Phi) is 4.49. The van der Waals surface area contributed by atoms with E-state index >= 15 is 0 Å². The minimum absolute atomic E-state index is 0.585. The third-order valence-corrected chi connectivity index (χ3v) is 4.29. The molecule has 0 fully saturated rings. The van der Waals surface area contributed by atoms with E-state index in [4.69, 9.17) is 16.3 Å². The smallest absolute Gasteiger partial charge is 0.119 e. The number of ether oxygens (including phenoxy) is 1. The van der Waals surface area contributed by atoms with Gasteiger partial charge in [0.1, 0.15) is 5.75 Å².